The highest BCUT2D eigenvalue weighted by Crippen LogP contribution is 2.40. The number of sulfone groups is 1. The van der Waals surface area contributed by atoms with Crippen LogP contribution >= 0.6 is 0 Å². The van der Waals surface area contributed by atoms with Gasteiger partial charge in [0.25, 0.3) is 0 Å². The van der Waals surface area contributed by atoms with E-state index in [0.29, 0.717) is 0 Å². The van der Waals surface area contributed by atoms with Crippen molar-refractivity contribution >= 4 is 9.84 Å². The second-order valence-corrected chi connectivity index (χ2v) is 9.84. The van der Waals surface area contributed by atoms with Crippen LogP contribution in [0.1, 0.15) is 23.8 Å². The number of fused-ring (bicyclic) bond motifs is 1. The molecule has 2 heterocycles. The first-order chi connectivity index (χ1) is 14.3. The molecule has 8 heteroatoms. The molecule has 0 saturated carbocycles. The highest BCUT2D eigenvalue weighted by molar-refractivity contribution is 7.91. The number of hydrogen-bond donors (Lipinski definition) is 1. The molecule has 2 saturated heterocycles. The summed E-state index contributed by atoms with van der Waals surface area (Å²) in [5, 5.41) is 11.6. The van der Waals surface area contributed by atoms with Gasteiger partial charge in [-0.3, -0.25) is 0 Å². The first-order valence-corrected chi connectivity index (χ1v) is 11.5. The molecule has 2 aromatic carbocycles. The van der Waals surface area contributed by atoms with Crippen molar-refractivity contribution in [3.05, 3.63) is 65.7 Å². The second-order valence-electron chi connectivity index (χ2n) is 7.85. The van der Waals surface area contributed by atoms with Gasteiger partial charge in [-0.05, 0) is 19.1 Å². The monoisotopic (exact) mass is 434 g/mol. The third-order valence-corrected chi connectivity index (χ3v) is 7.42. The topological polar surface area (TPSA) is 91.3 Å². The van der Waals surface area contributed by atoms with Crippen molar-refractivity contribution in [1.29, 1.82) is 0 Å². The standard InChI is InChI=1S/C22H26O7S/c1-15-8-10-17(11-9-15)30(24,25)14-22(23)12-19(26-2)28-18-13-27-21(29-20(18)22)16-6-4-3-5-7-16/h3-11,18-21,23H,12-14H2,1-2H3/t18-,19+,20-,21?,22-/m1/s1. The van der Waals surface area contributed by atoms with Gasteiger partial charge in [0.2, 0.25) is 0 Å². The molecule has 2 aliphatic rings. The van der Waals surface area contributed by atoms with Crippen LogP contribution in [0.5, 0.6) is 0 Å². The Bertz CT molecular complexity index is 961. The fourth-order valence-electron chi connectivity index (χ4n) is 3.98. The molecule has 5 atom stereocenters. The Kier molecular flexibility index (Phi) is 5.98. The van der Waals surface area contributed by atoms with Gasteiger partial charge in [0.1, 0.15) is 17.8 Å². The summed E-state index contributed by atoms with van der Waals surface area (Å²) in [4.78, 5) is 0.158. The lowest BCUT2D eigenvalue weighted by molar-refractivity contribution is -0.353. The van der Waals surface area contributed by atoms with E-state index in [9.17, 15) is 13.5 Å². The summed E-state index contributed by atoms with van der Waals surface area (Å²) in [6.45, 7) is 2.03. The zero-order chi connectivity index (χ0) is 21.4. The minimum atomic E-state index is -3.78. The number of aryl methyl sites for hydroxylation is 1. The van der Waals surface area contributed by atoms with E-state index in [4.69, 9.17) is 18.9 Å². The highest BCUT2D eigenvalue weighted by atomic mass is 32.2. The van der Waals surface area contributed by atoms with Crippen LogP contribution in [-0.4, -0.2) is 57.1 Å². The van der Waals surface area contributed by atoms with Gasteiger partial charge in [-0.1, -0.05) is 48.0 Å². The number of aliphatic hydroxyl groups is 1. The van der Waals surface area contributed by atoms with Gasteiger partial charge >= 0.3 is 0 Å². The van der Waals surface area contributed by atoms with Gasteiger partial charge in [-0.2, -0.15) is 0 Å². The van der Waals surface area contributed by atoms with Gasteiger partial charge < -0.3 is 24.1 Å². The molecule has 2 fully saturated rings. The minimum absolute atomic E-state index is 0.0305. The summed E-state index contributed by atoms with van der Waals surface area (Å²) in [7, 11) is -2.33. The molecule has 4 rings (SSSR count). The molecule has 2 aliphatic heterocycles. The first kappa shape index (κ1) is 21.4. The van der Waals surface area contributed by atoms with E-state index in [2.05, 4.69) is 0 Å². The molecule has 0 bridgehead atoms. The van der Waals surface area contributed by atoms with Crippen LogP contribution in [-0.2, 0) is 28.8 Å². The Balaban J connectivity index is 1.63. The van der Waals surface area contributed by atoms with Crippen LogP contribution in [0.15, 0.2) is 59.5 Å². The quantitative estimate of drug-likeness (QED) is 0.773. The number of ether oxygens (including phenoxy) is 4. The molecule has 1 N–H and O–H groups in total. The molecule has 2 aromatic rings. The Morgan fingerprint density at radius 3 is 2.47 bits per heavy atom. The van der Waals surface area contributed by atoms with Crippen molar-refractivity contribution in [2.75, 3.05) is 19.5 Å². The van der Waals surface area contributed by atoms with Crippen molar-refractivity contribution in [2.45, 2.75) is 48.6 Å². The van der Waals surface area contributed by atoms with Crippen molar-refractivity contribution in [1.82, 2.24) is 0 Å². The highest BCUT2D eigenvalue weighted by Gasteiger charge is 2.55. The van der Waals surface area contributed by atoms with Crippen molar-refractivity contribution in [3.8, 4) is 0 Å². The molecule has 0 aliphatic carbocycles. The number of methoxy groups -OCH3 is 1. The molecule has 0 radical (unpaired) electrons. The van der Waals surface area contributed by atoms with Gasteiger partial charge in [-0.25, -0.2) is 8.42 Å². The van der Waals surface area contributed by atoms with Gasteiger partial charge in [0.05, 0.1) is 17.3 Å². The van der Waals surface area contributed by atoms with Crippen LogP contribution in [0.4, 0.5) is 0 Å². The zero-order valence-electron chi connectivity index (χ0n) is 16.9. The van der Waals surface area contributed by atoms with Crippen LogP contribution in [0.3, 0.4) is 0 Å². The summed E-state index contributed by atoms with van der Waals surface area (Å²) in [5.41, 5.74) is 0.0367. The zero-order valence-corrected chi connectivity index (χ0v) is 17.7. The predicted molar refractivity (Wildman–Crippen MR) is 108 cm³/mol. The summed E-state index contributed by atoms with van der Waals surface area (Å²) in [5.74, 6) is -0.505. The van der Waals surface area contributed by atoms with Crippen LogP contribution < -0.4 is 0 Å². The number of hydrogen-bond acceptors (Lipinski definition) is 7. The Morgan fingerprint density at radius 1 is 1.10 bits per heavy atom. The summed E-state index contributed by atoms with van der Waals surface area (Å²) in [6.07, 6.45) is -3.05. The average molecular weight is 435 g/mol. The number of rotatable bonds is 5. The van der Waals surface area contributed by atoms with Crippen LogP contribution in [0.25, 0.3) is 0 Å². The van der Waals surface area contributed by atoms with E-state index >= 15 is 0 Å². The molecule has 0 spiro atoms. The van der Waals surface area contributed by atoms with Crippen LogP contribution in [0, 0.1) is 6.92 Å². The Morgan fingerprint density at radius 2 is 1.80 bits per heavy atom. The fourth-order valence-corrected chi connectivity index (χ4v) is 5.64. The molecular formula is C22H26O7S. The maximum absolute atomic E-state index is 13.1. The SMILES string of the molecule is CO[C@@H]1C[C@@](O)(CS(=O)(=O)c2ccc(C)cc2)[C@@H]2OC(c3ccccc3)OC[C@H]2O1. The molecular weight excluding hydrogens is 408 g/mol. The van der Waals surface area contributed by atoms with Crippen molar-refractivity contribution in [2.24, 2.45) is 0 Å². The van der Waals surface area contributed by atoms with Gasteiger partial charge in [0.15, 0.2) is 22.4 Å². The third kappa shape index (κ3) is 4.30. The third-order valence-electron chi connectivity index (χ3n) is 5.55. The summed E-state index contributed by atoms with van der Waals surface area (Å²) in [6, 6.07) is 15.9. The minimum Gasteiger partial charge on any atom is -0.386 e. The Labute approximate surface area is 176 Å². The van der Waals surface area contributed by atoms with E-state index in [1.807, 2.05) is 37.3 Å². The second kappa shape index (κ2) is 8.37. The van der Waals surface area contributed by atoms with E-state index in [0.717, 1.165) is 11.1 Å². The van der Waals surface area contributed by atoms with Gasteiger partial charge in [-0.15, -0.1) is 0 Å². The van der Waals surface area contributed by atoms with Gasteiger partial charge in [0, 0.05) is 19.1 Å². The van der Waals surface area contributed by atoms with Crippen LogP contribution in [0.2, 0.25) is 0 Å². The molecule has 7 nitrogen and oxygen atoms in total. The molecule has 1 unspecified atom stereocenters. The van der Waals surface area contributed by atoms with Crippen molar-refractivity contribution in [3.63, 3.8) is 0 Å². The lowest BCUT2D eigenvalue weighted by Crippen LogP contribution is -2.64. The summed E-state index contributed by atoms with van der Waals surface area (Å²) < 4.78 is 49.2. The largest absolute Gasteiger partial charge is 0.386 e. The van der Waals surface area contributed by atoms with E-state index in [1.165, 1.54) is 7.11 Å². The molecule has 0 aromatic heterocycles. The molecule has 30 heavy (non-hydrogen) atoms. The normalized spacial score (nSPS) is 31.8. The summed E-state index contributed by atoms with van der Waals surface area (Å²) >= 11 is 0. The Hall–Kier alpha value is -1.81. The average Bonchev–Trinajstić information content (AvgIpc) is 2.74. The smallest absolute Gasteiger partial charge is 0.184 e. The first-order valence-electron chi connectivity index (χ1n) is 9.83. The fraction of sp³-hybridized carbons (Fsp3) is 0.455. The lowest BCUT2D eigenvalue weighted by atomic mass is 9.87. The molecule has 162 valence electrons. The number of benzene rings is 2. The van der Waals surface area contributed by atoms with E-state index in [1.54, 1.807) is 24.3 Å². The maximum Gasteiger partial charge on any atom is 0.184 e. The van der Waals surface area contributed by atoms with Crippen molar-refractivity contribution < 1.29 is 32.5 Å². The molecule has 0 amide bonds. The lowest BCUT2D eigenvalue weighted by Gasteiger charge is -2.49. The van der Waals surface area contributed by atoms with E-state index < -0.39 is 46.0 Å². The van der Waals surface area contributed by atoms with E-state index in [-0.39, 0.29) is 17.9 Å². The maximum atomic E-state index is 13.1. The predicted octanol–water partition coefficient (Wildman–Crippen LogP) is 2.38.